The van der Waals surface area contributed by atoms with E-state index in [9.17, 15) is 14.4 Å². The fourth-order valence-electron chi connectivity index (χ4n) is 3.71. The molecule has 1 saturated heterocycles. The maximum atomic E-state index is 12.5. The van der Waals surface area contributed by atoms with Crippen molar-refractivity contribution in [2.75, 3.05) is 38.6 Å². The van der Waals surface area contributed by atoms with Crippen LogP contribution in [0, 0.1) is 5.92 Å². The molecule has 164 valence electrons. The molecule has 1 aliphatic rings. The molecule has 1 aliphatic heterocycles. The summed E-state index contributed by atoms with van der Waals surface area (Å²) in [5.41, 5.74) is 2.65. The molecule has 2 atom stereocenters. The smallest absolute Gasteiger partial charge is 0.251 e. The number of nitrogens with one attached hydrogen (secondary N) is 2. The van der Waals surface area contributed by atoms with Crippen molar-refractivity contribution in [3.63, 3.8) is 0 Å². The molecule has 31 heavy (non-hydrogen) atoms. The first-order valence-corrected chi connectivity index (χ1v) is 10.5. The van der Waals surface area contributed by atoms with Crippen LogP contribution in [0.3, 0.4) is 0 Å². The Labute approximate surface area is 183 Å². The first kappa shape index (κ1) is 22.3. The molecule has 7 nitrogen and oxygen atoms in total. The van der Waals surface area contributed by atoms with Gasteiger partial charge in [-0.25, -0.2) is 0 Å². The number of nitrogens with zero attached hydrogens (tertiary/aromatic N) is 2. The molecule has 2 N–H and O–H groups in total. The Morgan fingerprint density at radius 2 is 1.68 bits per heavy atom. The highest BCUT2D eigenvalue weighted by Gasteiger charge is 2.36. The lowest BCUT2D eigenvalue weighted by molar-refractivity contribution is -0.130. The molecule has 2 aromatic carbocycles. The van der Waals surface area contributed by atoms with Gasteiger partial charge in [0.1, 0.15) is 0 Å². The number of amides is 3. The number of benzene rings is 2. The summed E-state index contributed by atoms with van der Waals surface area (Å²) >= 11 is 0. The molecule has 1 heterocycles. The Kier molecular flexibility index (Phi) is 7.28. The average Bonchev–Trinajstić information content (AvgIpc) is 3.18. The van der Waals surface area contributed by atoms with Crippen LogP contribution in [-0.4, -0.2) is 56.4 Å². The number of hydrogen-bond acceptors (Lipinski definition) is 4. The molecule has 0 spiro atoms. The Morgan fingerprint density at radius 3 is 2.32 bits per heavy atom. The van der Waals surface area contributed by atoms with E-state index in [0.717, 1.165) is 11.3 Å². The average molecular weight is 423 g/mol. The van der Waals surface area contributed by atoms with Gasteiger partial charge in [0.2, 0.25) is 11.8 Å². The molecule has 7 heteroatoms. The van der Waals surface area contributed by atoms with E-state index in [1.807, 2.05) is 68.4 Å². The molecule has 2 aromatic rings. The summed E-state index contributed by atoms with van der Waals surface area (Å²) in [7, 11) is 3.88. The molecule has 0 aliphatic carbocycles. The maximum Gasteiger partial charge on any atom is 0.251 e. The summed E-state index contributed by atoms with van der Waals surface area (Å²) in [5, 5.41) is 5.64. The SMILES string of the molecule is CC(c1ccccc1)N1CC(C(=O)NCCNC(=O)c2ccc(N(C)C)cc2)CC1=O. The summed E-state index contributed by atoms with van der Waals surface area (Å²) in [6.45, 7) is 3.03. The fourth-order valence-corrected chi connectivity index (χ4v) is 3.71. The normalized spacial score (nSPS) is 16.7. The Morgan fingerprint density at radius 1 is 1.03 bits per heavy atom. The lowest BCUT2D eigenvalue weighted by atomic mass is 10.1. The summed E-state index contributed by atoms with van der Waals surface area (Å²) in [4.78, 5) is 40.9. The lowest BCUT2D eigenvalue weighted by Gasteiger charge is -2.25. The number of rotatable bonds is 8. The van der Waals surface area contributed by atoms with Crippen LogP contribution in [0.25, 0.3) is 0 Å². The zero-order valence-electron chi connectivity index (χ0n) is 18.3. The second-order valence-electron chi connectivity index (χ2n) is 8.02. The topological polar surface area (TPSA) is 81.8 Å². The third-order valence-corrected chi connectivity index (χ3v) is 5.63. The van der Waals surface area contributed by atoms with Crippen molar-refractivity contribution in [1.29, 1.82) is 0 Å². The van der Waals surface area contributed by atoms with Gasteiger partial charge in [-0.15, -0.1) is 0 Å². The third kappa shape index (κ3) is 5.63. The van der Waals surface area contributed by atoms with Crippen molar-refractivity contribution in [3.05, 3.63) is 65.7 Å². The number of anilines is 1. The van der Waals surface area contributed by atoms with Crippen molar-refractivity contribution in [3.8, 4) is 0 Å². The van der Waals surface area contributed by atoms with Gasteiger partial charge in [-0.05, 0) is 36.8 Å². The zero-order chi connectivity index (χ0) is 22.4. The zero-order valence-corrected chi connectivity index (χ0v) is 18.3. The molecular formula is C24H30N4O3. The van der Waals surface area contributed by atoms with E-state index < -0.39 is 0 Å². The fraction of sp³-hybridized carbons (Fsp3) is 0.375. The van der Waals surface area contributed by atoms with Crippen LogP contribution in [0.1, 0.15) is 35.3 Å². The quantitative estimate of drug-likeness (QED) is 0.639. The number of carbonyl (C=O) groups excluding carboxylic acids is 3. The maximum absolute atomic E-state index is 12.5. The molecule has 1 fully saturated rings. The number of likely N-dealkylation sites (tertiary alicyclic amines) is 1. The summed E-state index contributed by atoms with van der Waals surface area (Å²) < 4.78 is 0. The number of carbonyl (C=O) groups is 3. The second-order valence-corrected chi connectivity index (χ2v) is 8.02. The van der Waals surface area contributed by atoms with Crippen LogP contribution in [0.2, 0.25) is 0 Å². The minimum Gasteiger partial charge on any atom is -0.378 e. The van der Waals surface area contributed by atoms with Crippen LogP contribution < -0.4 is 15.5 Å². The monoisotopic (exact) mass is 422 g/mol. The van der Waals surface area contributed by atoms with Gasteiger partial charge in [0.05, 0.1) is 12.0 Å². The van der Waals surface area contributed by atoms with Crippen LogP contribution >= 0.6 is 0 Å². The van der Waals surface area contributed by atoms with Gasteiger partial charge in [-0.3, -0.25) is 14.4 Å². The van der Waals surface area contributed by atoms with E-state index in [0.29, 0.717) is 25.2 Å². The minimum atomic E-state index is -0.368. The van der Waals surface area contributed by atoms with E-state index in [-0.39, 0.29) is 36.1 Å². The Bertz CT molecular complexity index is 912. The van der Waals surface area contributed by atoms with Gasteiger partial charge in [-0.2, -0.15) is 0 Å². The molecule has 0 bridgehead atoms. The highest BCUT2D eigenvalue weighted by Crippen LogP contribution is 2.28. The van der Waals surface area contributed by atoms with E-state index in [4.69, 9.17) is 0 Å². The van der Waals surface area contributed by atoms with E-state index in [1.54, 1.807) is 17.0 Å². The van der Waals surface area contributed by atoms with Crippen molar-refractivity contribution in [1.82, 2.24) is 15.5 Å². The van der Waals surface area contributed by atoms with E-state index in [1.165, 1.54) is 0 Å². The second kappa shape index (κ2) is 10.1. The Balaban J connectivity index is 1.42. The molecule has 0 saturated carbocycles. The Hall–Kier alpha value is -3.35. The predicted molar refractivity (Wildman–Crippen MR) is 121 cm³/mol. The van der Waals surface area contributed by atoms with Crippen molar-refractivity contribution in [2.24, 2.45) is 5.92 Å². The molecule has 0 radical (unpaired) electrons. The van der Waals surface area contributed by atoms with Gasteiger partial charge < -0.3 is 20.4 Å². The first-order valence-electron chi connectivity index (χ1n) is 10.5. The van der Waals surface area contributed by atoms with Gasteiger partial charge in [0.25, 0.3) is 5.91 Å². The van der Waals surface area contributed by atoms with Gasteiger partial charge >= 0.3 is 0 Å². The van der Waals surface area contributed by atoms with Crippen LogP contribution in [0.4, 0.5) is 5.69 Å². The van der Waals surface area contributed by atoms with E-state index in [2.05, 4.69) is 10.6 Å². The highest BCUT2D eigenvalue weighted by molar-refractivity contribution is 5.94. The predicted octanol–water partition coefficient (Wildman–Crippen LogP) is 2.21. The van der Waals surface area contributed by atoms with Crippen LogP contribution in [0.15, 0.2) is 54.6 Å². The largest absolute Gasteiger partial charge is 0.378 e. The van der Waals surface area contributed by atoms with Crippen LogP contribution in [-0.2, 0) is 9.59 Å². The number of hydrogen-bond donors (Lipinski definition) is 2. The summed E-state index contributed by atoms with van der Waals surface area (Å²) in [6.07, 6.45) is 0.216. The van der Waals surface area contributed by atoms with Gasteiger partial charge in [0.15, 0.2) is 0 Å². The minimum absolute atomic E-state index is 0.00835. The summed E-state index contributed by atoms with van der Waals surface area (Å²) in [5.74, 6) is -0.710. The lowest BCUT2D eigenvalue weighted by Crippen LogP contribution is -2.38. The molecular weight excluding hydrogens is 392 g/mol. The standard InChI is InChI=1S/C24H30N4O3/c1-17(18-7-5-4-6-8-18)28-16-20(15-22(28)29)24(31)26-14-13-25-23(30)19-9-11-21(12-10-19)27(2)3/h4-12,17,20H,13-16H2,1-3H3,(H,25,30)(H,26,31). The molecule has 3 rings (SSSR count). The van der Waals surface area contributed by atoms with Crippen molar-refractivity contribution < 1.29 is 14.4 Å². The van der Waals surface area contributed by atoms with Crippen LogP contribution in [0.5, 0.6) is 0 Å². The molecule has 3 amide bonds. The van der Waals surface area contributed by atoms with Gasteiger partial charge in [0, 0.05) is 51.4 Å². The van der Waals surface area contributed by atoms with Crippen molar-refractivity contribution in [2.45, 2.75) is 19.4 Å². The molecule has 2 unspecified atom stereocenters. The third-order valence-electron chi connectivity index (χ3n) is 5.63. The highest BCUT2D eigenvalue weighted by atomic mass is 16.2. The summed E-state index contributed by atoms with van der Waals surface area (Å²) in [6, 6.07) is 17.1. The van der Waals surface area contributed by atoms with E-state index >= 15 is 0 Å². The van der Waals surface area contributed by atoms with Crippen molar-refractivity contribution >= 4 is 23.4 Å². The van der Waals surface area contributed by atoms with Gasteiger partial charge in [-0.1, -0.05) is 30.3 Å². The first-order chi connectivity index (χ1) is 14.9. The molecule has 0 aromatic heterocycles.